The first-order valence-electron chi connectivity index (χ1n) is 8.69. The van der Waals surface area contributed by atoms with Crippen LogP contribution in [0.15, 0.2) is 47.4 Å². The van der Waals surface area contributed by atoms with Crippen molar-refractivity contribution in [3.05, 3.63) is 69.8 Å². The van der Waals surface area contributed by atoms with Crippen molar-refractivity contribution in [2.45, 2.75) is 25.7 Å². The Kier molecular flexibility index (Phi) is 3.92. The zero-order valence-electron chi connectivity index (χ0n) is 14.2. The lowest BCUT2D eigenvalue weighted by molar-refractivity contribution is 0.0711. The van der Waals surface area contributed by atoms with Crippen LogP contribution in [0, 0.1) is 6.92 Å². The normalized spacial score (nSPS) is 15.6. The molecule has 1 aromatic carbocycles. The molecule has 0 saturated carbocycles. The molecule has 1 aliphatic heterocycles. The van der Waals surface area contributed by atoms with Crippen LogP contribution in [0.1, 0.15) is 40.4 Å². The highest BCUT2D eigenvalue weighted by molar-refractivity contribution is 5.94. The number of carbonyl (C=O) groups is 1. The molecule has 1 fully saturated rings. The van der Waals surface area contributed by atoms with Crippen LogP contribution >= 0.6 is 0 Å². The van der Waals surface area contributed by atoms with Gasteiger partial charge in [-0.2, -0.15) is 0 Å². The lowest BCUT2D eigenvalue weighted by Gasteiger charge is -2.32. The second-order valence-corrected chi connectivity index (χ2v) is 6.69. The summed E-state index contributed by atoms with van der Waals surface area (Å²) < 4.78 is 0. The molecule has 1 saturated heterocycles. The molecule has 25 heavy (non-hydrogen) atoms. The maximum Gasteiger partial charge on any atom is 0.260 e. The summed E-state index contributed by atoms with van der Waals surface area (Å²) in [4.78, 5) is 32.3. The Morgan fingerprint density at radius 3 is 2.64 bits per heavy atom. The van der Waals surface area contributed by atoms with Crippen LogP contribution in [0.3, 0.4) is 0 Å². The first kappa shape index (κ1) is 15.7. The summed E-state index contributed by atoms with van der Waals surface area (Å²) in [7, 11) is 0. The van der Waals surface area contributed by atoms with Crippen molar-refractivity contribution in [1.29, 1.82) is 0 Å². The van der Waals surface area contributed by atoms with Gasteiger partial charge in [-0.1, -0.05) is 18.2 Å². The van der Waals surface area contributed by atoms with E-state index in [9.17, 15) is 9.59 Å². The summed E-state index contributed by atoms with van der Waals surface area (Å²) in [6.07, 6.45) is 3.38. The highest BCUT2D eigenvalue weighted by atomic mass is 16.2. The number of nitrogens with zero attached hydrogens (tertiary/aromatic N) is 1. The van der Waals surface area contributed by atoms with Gasteiger partial charge in [-0.05, 0) is 49.4 Å². The molecule has 3 aromatic rings. The number of carbonyl (C=O) groups excluding carboxylic acids is 1. The number of likely N-dealkylation sites (tertiary alicyclic amines) is 1. The third kappa shape index (κ3) is 2.76. The molecule has 1 amide bonds. The quantitative estimate of drug-likeness (QED) is 0.755. The van der Waals surface area contributed by atoms with Crippen molar-refractivity contribution < 1.29 is 4.79 Å². The molecule has 0 radical (unpaired) electrons. The van der Waals surface area contributed by atoms with Gasteiger partial charge < -0.3 is 14.9 Å². The first-order chi connectivity index (χ1) is 12.1. The van der Waals surface area contributed by atoms with E-state index < -0.39 is 0 Å². The number of amides is 1. The summed E-state index contributed by atoms with van der Waals surface area (Å²) in [6, 6.07) is 11.7. The minimum absolute atomic E-state index is 0.170. The fraction of sp³-hybridized carbons (Fsp3) is 0.300. The molecule has 1 aliphatic rings. The van der Waals surface area contributed by atoms with Gasteiger partial charge in [0.15, 0.2) is 0 Å². The fourth-order valence-corrected chi connectivity index (χ4v) is 3.96. The molecule has 5 heteroatoms. The number of H-pyrrole nitrogens is 2. The number of hydrogen-bond acceptors (Lipinski definition) is 2. The molecular weight excluding hydrogens is 314 g/mol. The molecular formula is C20H21N3O2. The van der Waals surface area contributed by atoms with Crippen molar-refractivity contribution in [2.24, 2.45) is 0 Å². The van der Waals surface area contributed by atoms with Crippen molar-refractivity contribution in [3.63, 3.8) is 0 Å². The Bertz CT molecular complexity index is 978. The molecule has 0 spiro atoms. The van der Waals surface area contributed by atoms with Gasteiger partial charge in [-0.25, -0.2) is 0 Å². The maximum absolute atomic E-state index is 12.6. The number of fused-ring (bicyclic) bond motifs is 1. The third-order valence-corrected chi connectivity index (χ3v) is 5.18. The molecule has 2 aromatic heterocycles. The largest absolute Gasteiger partial charge is 0.358 e. The predicted molar refractivity (Wildman–Crippen MR) is 98.0 cm³/mol. The van der Waals surface area contributed by atoms with E-state index in [2.05, 4.69) is 35.1 Å². The number of rotatable bonds is 2. The second kappa shape index (κ2) is 6.24. The minimum atomic E-state index is -0.318. The van der Waals surface area contributed by atoms with Crippen LogP contribution < -0.4 is 5.56 Å². The van der Waals surface area contributed by atoms with Gasteiger partial charge in [0.1, 0.15) is 5.56 Å². The number of piperidine rings is 1. The summed E-state index contributed by atoms with van der Waals surface area (Å²) in [5.74, 6) is 0.269. The van der Waals surface area contributed by atoms with E-state index in [-0.39, 0.29) is 17.0 Å². The summed E-state index contributed by atoms with van der Waals surface area (Å²) in [5, 5.41) is 1.28. The summed E-state index contributed by atoms with van der Waals surface area (Å²) >= 11 is 0. The number of hydrogen-bond donors (Lipinski definition) is 2. The zero-order chi connectivity index (χ0) is 17.4. The molecule has 0 bridgehead atoms. The summed E-state index contributed by atoms with van der Waals surface area (Å²) in [5.41, 5.74) is 3.67. The molecule has 128 valence electrons. The Morgan fingerprint density at radius 2 is 1.88 bits per heavy atom. The number of aromatic amines is 2. The number of benzene rings is 1. The summed E-state index contributed by atoms with van der Waals surface area (Å²) in [6.45, 7) is 3.48. The van der Waals surface area contributed by atoms with Crippen LogP contribution in [0.5, 0.6) is 0 Å². The predicted octanol–water partition coefficient (Wildman–Crippen LogP) is 3.18. The van der Waals surface area contributed by atoms with Gasteiger partial charge in [0.05, 0.1) is 0 Å². The van der Waals surface area contributed by atoms with Gasteiger partial charge in [0, 0.05) is 35.9 Å². The minimum Gasteiger partial charge on any atom is -0.358 e. The molecule has 4 rings (SSSR count). The lowest BCUT2D eigenvalue weighted by Crippen LogP contribution is -2.40. The van der Waals surface area contributed by atoms with Crippen molar-refractivity contribution in [2.75, 3.05) is 13.1 Å². The Morgan fingerprint density at radius 1 is 1.12 bits per heavy atom. The fourth-order valence-electron chi connectivity index (χ4n) is 3.96. The molecule has 0 atom stereocenters. The van der Waals surface area contributed by atoms with Gasteiger partial charge >= 0.3 is 0 Å². The third-order valence-electron chi connectivity index (χ3n) is 5.18. The van der Waals surface area contributed by atoms with Gasteiger partial charge in [-0.15, -0.1) is 0 Å². The highest BCUT2D eigenvalue weighted by Gasteiger charge is 2.28. The zero-order valence-corrected chi connectivity index (χ0v) is 14.2. The highest BCUT2D eigenvalue weighted by Crippen LogP contribution is 2.35. The van der Waals surface area contributed by atoms with Gasteiger partial charge in [-0.3, -0.25) is 9.59 Å². The molecule has 2 N–H and O–H groups in total. The van der Waals surface area contributed by atoms with Crippen molar-refractivity contribution >= 4 is 16.8 Å². The van der Waals surface area contributed by atoms with E-state index in [1.807, 2.05) is 6.07 Å². The SMILES string of the molecule is Cc1[nH]c2ccccc2c1C1CCN(C(=O)c2ccc[nH]c2=O)CC1. The van der Waals surface area contributed by atoms with Crippen LogP contribution in [0.4, 0.5) is 0 Å². The van der Waals surface area contributed by atoms with Crippen LogP contribution in [0.2, 0.25) is 0 Å². The van der Waals surface area contributed by atoms with Crippen molar-refractivity contribution in [3.8, 4) is 0 Å². The molecule has 3 heterocycles. The van der Waals surface area contributed by atoms with E-state index in [0.29, 0.717) is 19.0 Å². The standard InChI is InChI=1S/C20H21N3O2/c1-13-18(15-5-2-3-7-17(15)22-13)14-8-11-23(12-9-14)20(25)16-6-4-10-21-19(16)24/h2-7,10,14,22H,8-9,11-12H2,1H3,(H,21,24). The van der Waals surface area contributed by atoms with Crippen LogP contribution in [-0.4, -0.2) is 33.9 Å². The molecule has 0 unspecified atom stereocenters. The Balaban J connectivity index is 1.53. The number of aromatic nitrogens is 2. The van der Waals surface area contributed by atoms with Gasteiger partial charge in [0.25, 0.3) is 11.5 Å². The van der Waals surface area contributed by atoms with Crippen LogP contribution in [-0.2, 0) is 0 Å². The van der Waals surface area contributed by atoms with E-state index in [4.69, 9.17) is 0 Å². The number of pyridine rings is 1. The number of nitrogens with one attached hydrogen (secondary N) is 2. The topological polar surface area (TPSA) is 69.0 Å². The lowest BCUT2D eigenvalue weighted by atomic mass is 9.87. The number of para-hydroxylation sites is 1. The Hall–Kier alpha value is -2.82. The van der Waals surface area contributed by atoms with Gasteiger partial charge in [0.2, 0.25) is 0 Å². The number of aryl methyl sites for hydroxylation is 1. The maximum atomic E-state index is 12.6. The molecule has 0 aliphatic carbocycles. The van der Waals surface area contributed by atoms with E-state index in [0.717, 1.165) is 12.8 Å². The van der Waals surface area contributed by atoms with Crippen molar-refractivity contribution in [1.82, 2.24) is 14.9 Å². The smallest absolute Gasteiger partial charge is 0.260 e. The molecule has 5 nitrogen and oxygen atoms in total. The van der Waals surface area contributed by atoms with E-state index in [1.54, 1.807) is 23.2 Å². The Labute approximate surface area is 145 Å². The van der Waals surface area contributed by atoms with E-state index in [1.165, 1.54) is 22.2 Å². The monoisotopic (exact) mass is 335 g/mol. The average Bonchev–Trinajstić information content (AvgIpc) is 2.97. The van der Waals surface area contributed by atoms with E-state index >= 15 is 0 Å². The second-order valence-electron chi connectivity index (χ2n) is 6.69. The van der Waals surface area contributed by atoms with Crippen LogP contribution in [0.25, 0.3) is 10.9 Å². The average molecular weight is 335 g/mol. The first-order valence-corrected chi connectivity index (χ1v) is 8.69.